The number of allylic oxidation sites excluding steroid dienone is 1. The first kappa shape index (κ1) is 17.9. The summed E-state index contributed by atoms with van der Waals surface area (Å²) >= 11 is 0. The zero-order valence-electron chi connectivity index (χ0n) is 14.5. The fourth-order valence-corrected chi connectivity index (χ4v) is 2.50. The van der Waals surface area contributed by atoms with Gasteiger partial charge in [-0.05, 0) is 31.1 Å². The number of anilines is 1. The Morgan fingerprint density at radius 1 is 1.20 bits per heavy atom. The number of nitrogens with zero attached hydrogens (tertiary/aromatic N) is 3. The smallest absolute Gasteiger partial charge is 0.332 e. The Balaban J connectivity index is 2.67. The van der Waals surface area contributed by atoms with E-state index < -0.39 is 17.0 Å². The highest BCUT2D eigenvalue weighted by molar-refractivity contribution is 6.16. The Bertz CT molecular complexity index is 1070. The maximum atomic E-state index is 12.7. The molecule has 0 radical (unpaired) electrons. The number of ketones is 1. The predicted molar refractivity (Wildman–Crippen MR) is 95.2 cm³/mol. The van der Waals surface area contributed by atoms with Crippen molar-refractivity contribution in [1.29, 1.82) is 5.26 Å². The quantitative estimate of drug-likeness (QED) is 0.511. The summed E-state index contributed by atoms with van der Waals surface area (Å²) in [5.74, 6) is -1.07. The molecule has 0 fully saturated rings. The first-order chi connectivity index (χ1) is 11.7. The molecule has 2 rings (SSSR count). The van der Waals surface area contributed by atoms with E-state index in [0.717, 1.165) is 20.3 Å². The van der Waals surface area contributed by atoms with Crippen LogP contribution in [-0.4, -0.2) is 14.9 Å². The number of benzene rings is 1. The lowest BCUT2D eigenvalue weighted by atomic mass is 9.99. The molecule has 25 heavy (non-hydrogen) atoms. The molecule has 7 heteroatoms. The Hall–Kier alpha value is -3.40. The lowest BCUT2D eigenvalue weighted by Gasteiger charge is -2.10. The van der Waals surface area contributed by atoms with Crippen molar-refractivity contribution < 1.29 is 4.79 Å². The van der Waals surface area contributed by atoms with Crippen LogP contribution in [0.3, 0.4) is 0 Å². The lowest BCUT2D eigenvalue weighted by Crippen LogP contribution is -2.41. The summed E-state index contributed by atoms with van der Waals surface area (Å²) in [7, 11) is 2.61. The molecule has 0 amide bonds. The molecule has 0 bridgehead atoms. The molecule has 2 N–H and O–H groups in total. The molecule has 0 aliphatic rings. The van der Waals surface area contributed by atoms with Crippen LogP contribution in [0.15, 0.2) is 33.4 Å². The molecule has 7 nitrogen and oxygen atoms in total. The summed E-state index contributed by atoms with van der Waals surface area (Å²) in [5, 5.41) is 9.38. The van der Waals surface area contributed by atoms with E-state index in [-0.39, 0.29) is 17.0 Å². The van der Waals surface area contributed by atoms with Crippen LogP contribution >= 0.6 is 0 Å². The third kappa shape index (κ3) is 3.15. The summed E-state index contributed by atoms with van der Waals surface area (Å²) in [6.45, 7) is 3.80. The first-order valence-electron chi connectivity index (χ1n) is 7.48. The number of aromatic nitrogens is 2. The van der Waals surface area contributed by atoms with Crippen molar-refractivity contribution in [2.24, 2.45) is 14.1 Å². The maximum absolute atomic E-state index is 12.7. The van der Waals surface area contributed by atoms with Crippen LogP contribution in [0.25, 0.3) is 6.08 Å². The largest absolute Gasteiger partial charge is 0.384 e. The van der Waals surface area contributed by atoms with Crippen LogP contribution in [-0.2, 0) is 14.1 Å². The number of aryl methyl sites for hydroxylation is 2. The molecular weight excluding hydrogens is 320 g/mol. The molecule has 0 saturated heterocycles. The van der Waals surface area contributed by atoms with Gasteiger partial charge < -0.3 is 5.73 Å². The van der Waals surface area contributed by atoms with Crippen molar-refractivity contribution in [2.75, 3.05) is 5.73 Å². The molecular formula is C18H18N4O3. The van der Waals surface area contributed by atoms with Gasteiger partial charge in [0.2, 0.25) is 5.78 Å². The van der Waals surface area contributed by atoms with Crippen molar-refractivity contribution in [2.45, 2.75) is 13.8 Å². The molecule has 0 aliphatic carbocycles. The van der Waals surface area contributed by atoms with Gasteiger partial charge in [0.15, 0.2) is 0 Å². The second-order valence-electron chi connectivity index (χ2n) is 5.82. The van der Waals surface area contributed by atoms with Gasteiger partial charge in [-0.2, -0.15) is 5.26 Å². The minimum atomic E-state index is -0.827. The van der Waals surface area contributed by atoms with E-state index in [1.54, 1.807) is 6.07 Å². The first-order valence-corrected chi connectivity index (χ1v) is 7.48. The van der Waals surface area contributed by atoms with Crippen molar-refractivity contribution >= 4 is 17.7 Å². The molecule has 128 valence electrons. The van der Waals surface area contributed by atoms with E-state index in [0.29, 0.717) is 5.56 Å². The van der Waals surface area contributed by atoms with Gasteiger partial charge in [0, 0.05) is 14.1 Å². The van der Waals surface area contributed by atoms with Crippen LogP contribution in [0, 0.1) is 25.2 Å². The second-order valence-corrected chi connectivity index (χ2v) is 5.82. The summed E-state index contributed by atoms with van der Waals surface area (Å²) in [6, 6.07) is 7.39. The average Bonchev–Trinajstić information content (AvgIpc) is 2.57. The van der Waals surface area contributed by atoms with Crippen molar-refractivity contribution in [3.63, 3.8) is 0 Å². The van der Waals surface area contributed by atoms with Crippen LogP contribution in [0.1, 0.15) is 27.0 Å². The predicted octanol–water partition coefficient (Wildman–Crippen LogP) is 1.07. The zero-order valence-corrected chi connectivity index (χ0v) is 14.5. The standard InChI is InChI=1S/C18H18N4O3/c1-10-5-6-12(11(2)7-10)8-13(9-19)15(23)14-16(20)21(3)18(25)22(4)17(14)24/h5-8H,20H2,1-4H3/b13-8+. The number of nitriles is 1. The molecule has 0 aliphatic heterocycles. The monoisotopic (exact) mass is 338 g/mol. The summed E-state index contributed by atoms with van der Waals surface area (Å²) in [4.78, 5) is 36.9. The van der Waals surface area contributed by atoms with Gasteiger partial charge in [0.25, 0.3) is 5.56 Å². The maximum Gasteiger partial charge on any atom is 0.332 e. The number of carbonyl (C=O) groups is 1. The van der Waals surface area contributed by atoms with Crippen molar-refractivity contribution in [3.05, 3.63) is 66.9 Å². The van der Waals surface area contributed by atoms with E-state index in [1.807, 2.05) is 32.0 Å². The van der Waals surface area contributed by atoms with E-state index in [2.05, 4.69) is 0 Å². The number of Topliss-reactive ketones (excluding diaryl/α,β-unsaturated/α-hetero) is 1. The normalized spacial score (nSPS) is 11.2. The van der Waals surface area contributed by atoms with Crippen molar-refractivity contribution in [1.82, 2.24) is 9.13 Å². The van der Waals surface area contributed by atoms with Gasteiger partial charge in [0.05, 0.1) is 0 Å². The lowest BCUT2D eigenvalue weighted by molar-refractivity contribution is 0.103. The number of nitrogen functional groups attached to an aromatic ring is 1. The molecule has 0 atom stereocenters. The second kappa shape index (κ2) is 6.61. The van der Waals surface area contributed by atoms with Gasteiger partial charge >= 0.3 is 5.69 Å². The van der Waals surface area contributed by atoms with Crippen molar-refractivity contribution in [3.8, 4) is 6.07 Å². The molecule has 1 aromatic carbocycles. The van der Waals surface area contributed by atoms with E-state index in [4.69, 9.17) is 5.73 Å². The summed E-state index contributed by atoms with van der Waals surface area (Å²) in [6.07, 6.45) is 1.42. The van der Waals surface area contributed by atoms with Crippen LogP contribution < -0.4 is 17.0 Å². The molecule has 2 aromatic rings. The van der Waals surface area contributed by atoms with Gasteiger partial charge in [-0.25, -0.2) is 4.79 Å². The molecule has 0 spiro atoms. The zero-order chi connectivity index (χ0) is 18.9. The SMILES string of the molecule is Cc1ccc(/C=C(\C#N)C(=O)c2c(N)n(C)c(=O)n(C)c2=O)c(C)c1. The Kier molecular flexibility index (Phi) is 4.75. The van der Waals surface area contributed by atoms with Gasteiger partial charge in [-0.1, -0.05) is 23.8 Å². The highest BCUT2D eigenvalue weighted by Crippen LogP contribution is 2.17. The fraction of sp³-hybridized carbons (Fsp3) is 0.222. The number of carbonyl (C=O) groups excluding carboxylic acids is 1. The molecule has 0 unspecified atom stereocenters. The Labute approximate surface area is 144 Å². The van der Waals surface area contributed by atoms with Crippen LogP contribution in [0.4, 0.5) is 5.82 Å². The molecule has 0 saturated carbocycles. The number of hydrogen-bond acceptors (Lipinski definition) is 5. The fourth-order valence-electron chi connectivity index (χ4n) is 2.50. The highest BCUT2D eigenvalue weighted by atomic mass is 16.2. The summed E-state index contributed by atoms with van der Waals surface area (Å²) in [5.41, 5.74) is 6.33. The molecule has 1 heterocycles. The average molecular weight is 338 g/mol. The number of nitrogens with two attached hydrogens (primary N) is 1. The minimum Gasteiger partial charge on any atom is -0.384 e. The van der Waals surface area contributed by atoms with Gasteiger partial charge in [0.1, 0.15) is 23.0 Å². The third-order valence-corrected chi connectivity index (χ3v) is 4.03. The highest BCUT2D eigenvalue weighted by Gasteiger charge is 2.23. The Morgan fingerprint density at radius 3 is 2.40 bits per heavy atom. The summed E-state index contributed by atoms with van der Waals surface area (Å²) < 4.78 is 1.79. The van der Waals surface area contributed by atoms with Gasteiger partial charge in [-0.3, -0.25) is 18.7 Å². The van der Waals surface area contributed by atoms with E-state index >= 15 is 0 Å². The topological polar surface area (TPSA) is 111 Å². The number of rotatable bonds is 3. The third-order valence-electron chi connectivity index (χ3n) is 4.03. The Morgan fingerprint density at radius 2 is 1.84 bits per heavy atom. The minimum absolute atomic E-state index is 0.227. The van der Waals surface area contributed by atoms with Crippen LogP contribution in [0.5, 0.6) is 0 Å². The van der Waals surface area contributed by atoms with E-state index in [9.17, 15) is 19.6 Å². The number of hydrogen-bond donors (Lipinski definition) is 1. The van der Waals surface area contributed by atoms with Gasteiger partial charge in [-0.15, -0.1) is 0 Å². The van der Waals surface area contributed by atoms with Crippen LogP contribution in [0.2, 0.25) is 0 Å². The molecule has 1 aromatic heterocycles. The van der Waals surface area contributed by atoms with E-state index in [1.165, 1.54) is 20.2 Å².